The standard InChI is InChI=1S/C18H18N4O3/c1-2-11-3-4-14-13(9-11)16(17(23)25-18(19)24)20-22(14)15-10-21-7-5-12(15)6-8-21/h1,3-4,9,12,15H,5-8,10H2,(H2,19,24)/t15-/m1/s1. The van der Waals surface area contributed by atoms with Crippen LogP contribution in [0.3, 0.4) is 0 Å². The summed E-state index contributed by atoms with van der Waals surface area (Å²) in [5.74, 6) is 2.23. The lowest BCUT2D eigenvalue weighted by molar-refractivity contribution is 0.0518. The van der Waals surface area contributed by atoms with Crippen LogP contribution in [-0.4, -0.2) is 46.4 Å². The molecule has 0 saturated carbocycles. The predicted molar refractivity (Wildman–Crippen MR) is 90.9 cm³/mol. The monoisotopic (exact) mass is 338 g/mol. The molecule has 0 spiro atoms. The lowest BCUT2D eigenvalue weighted by Gasteiger charge is -2.44. The van der Waals surface area contributed by atoms with Gasteiger partial charge in [0, 0.05) is 17.5 Å². The number of benzene rings is 1. The van der Waals surface area contributed by atoms with Gasteiger partial charge in [0.15, 0.2) is 5.69 Å². The van der Waals surface area contributed by atoms with Gasteiger partial charge >= 0.3 is 12.1 Å². The van der Waals surface area contributed by atoms with Gasteiger partial charge in [-0.2, -0.15) is 5.10 Å². The fourth-order valence-electron chi connectivity index (χ4n) is 3.98. The Bertz CT molecular complexity index is 903. The average Bonchev–Trinajstić information content (AvgIpc) is 3.00. The van der Waals surface area contributed by atoms with Crippen LogP contribution in [0, 0.1) is 18.3 Å². The highest BCUT2D eigenvalue weighted by molar-refractivity contribution is 6.05. The number of hydrogen-bond acceptors (Lipinski definition) is 5. The van der Waals surface area contributed by atoms with Crippen LogP contribution in [0.4, 0.5) is 4.79 Å². The van der Waals surface area contributed by atoms with E-state index >= 15 is 0 Å². The number of terminal acetylenes is 1. The summed E-state index contributed by atoms with van der Waals surface area (Å²) in [5.41, 5.74) is 6.49. The molecule has 5 rings (SSSR count). The minimum absolute atomic E-state index is 0.0716. The molecule has 3 fully saturated rings. The highest BCUT2D eigenvalue weighted by atomic mass is 16.6. The molecule has 1 aromatic heterocycles. The number of primary amides is 1. The van der Waals surface area contributed by atoms with Crippen LogP contribution in [0.5, 0.6) is 0 Å². The zero-order valence-electron chi connectivity index (χ0n) is 13.6. The molecule has 0 aliphatic carbocycles. The van der Waals surface area contributed by atoms with E-state index in [4.69, 9.17) is 12.2 Å². The van der Waals surface area contributed by atoms with Gasteiger partial charge in [-0.15, -0.1) is 6.42 Å². The molecule has 7 heteroatoms. The number of fused-ring (bicyclic) bond motifs is 4. The van der Waals surface area contributed by atoms with E-state index in [1.807, 2.05) is 16.8 Å². The van der Waals surface area contributed by atoms with Crippen molar-refractivity contribution < 1.29 is 14.3 Å². The van der Waals surface area contributed by atoms with E-state index in [0.29, 0.717) is 16.9 Å². The quantitative estimate of drug-likeness (QED) is 0.509. The van der Waals surface area contributed by atoms with Gasteiger partial charge in [0.1, 0.15) is 0 Å². The van der Waals surface area contributed by atoms with Crippen LogP contribution < -0.4 is 5.73 Å². The third kappa shape index (κ3) is 2.65. The molecule has 25 heavy (non-hydrogen) atoms. The Morgan fingerprint density at radius 1 is 1.32 bits per heavy atom. The Morgan fingerprint density at radius 2 is 2.08 bits per heavy atom. The van der Waals surface area contributed by atoms with Crippen LogP contribution in [0.2, 0.25) is 0 Å². The number of amides is 1. The first-order valence-electron chi connectivity index (χ1n) is 8.29. The maximum absolute atomic E-state index is 12.3. The molecule has 128 valence electrons. The Hall–Kier alpha value is -2.85. The molecular weight excluding hydrogens is 320 g/mol. The number of hydrogen-bond donors (Lipinski definition) is 1. The topological polar surface area (TPSA) is 90.5 Å². The van der Waals surface area contributed by atoms with Crippen molar-refractivity contribution in [2.45, 2.75) is 18.9 Å². The summed E-state index contributed by atoms with van der Waals surface area (Å²) in [6.45, 7) is 3.12. The number of nitrogens with two attached hydrogens (primary N) is 1. The van der Waals surface area contributed by atoms with Crippen molar-refractivity contribution in [3.8, 4) is 12.3 Å². The van der Waals surface area contributed by atoms with Crippen molar-refractivity contribution in [2.24, 2.45) is 11.7 Å². The van der Waals surface area contributed by atoms with E-state index in [0.717, 1.165) is 38.0 Å². The molecule has 7 nitrogen and oxygen atoms in total. The number of carbonyl (C=O) groups excluding carboxylic acids is 2. The molecular formula is C18H18N4O3. The molecule has 3 saturated heterocycles. The summed E-state index contributed by atoms with van der Waals surface area (Å²) in [6.07, 6.45) is 6.56. The zero-order valence-corrected chi connectivity index (χ0v) is 13.6. The first-order valence-corrected chi connectivity index (χ1v) is 8.29. The van der Waals surface area contributed by atoms with E-state index in [2.05, 4.69) is 20.7 Å². The summed E-state index contributed by atoms with van der Waals surface area (Å²) >= 11 is 0. The molecule has 1 aromatic carbocycles. The van der Waals surface area contributed by atoms with E-state index in [1.54, 1.807) is 6.07 Å². The average molecular weight is 338 g/mol. The molecule has 3 aliphatic heterocycles. The maximum atomic E-state index is 12.3. The highest BCUT2D eigenvalue weighted by Gasteiger charge is 2.37. The molecule has 2 N–H and O–H groups in total. The van der Waals surface area contributed by atoms with Crippen LogP contribution >= 0.6 is 0 Å². The molecule has 2 bridgehead atoms. The van der Waals surface area contributed by atoms with Crippen molar-refractivity contribution in [3.05, 3.63) is 29.5 Å². The molecule has 2 aromatic rings. The number of rotatable bonds is 2. The van der Waals surface area contributed by atoms with E-state index < -0.39 is 12.1 Å². The van der Waals surface area contributed by atoms with E-state index in [9.17, 15) is 9.59 Å². The number of esters is 1. The molecule has 3 aliphatic rings. The van der Waals surface area contributed by atoms with Gasteiger partial charge < -0.3 is 15.4 Å². The fourth-order valence-corrected chi connectivity index (χ4v) is 3.98. The van der Waals surface area contributed by atoms with E-state index in [-0.39, 0.29) is 11.7 Å². The second-order valence-electron chi connectivity index (χ2n) is 6.58. The summed E-state index contributed by atoms with van der Waals surface area (Å²) in [5, 5.41) is 5.08. The van der Waals surface area contributed by atoms with Crippen LogP contribution in [0.25, 0.3) is 10.9 Å². The minimum atomic E-state index is -1.15. The molecule has 0 radical (unpaired) electrons. The third-order valence-electron chi connectivity index (χ3n) is 5.20. The predicted octanol–water partition coefficient (Wildman–Crippen LogP) is 1.52. The number of carbonyl (C=O) groups is 2. The van der Waals surface area contributed by atoms with Crippen LogP contribution in [0.15, 0.2) is 18.2 Å². The number of piperidine rings is 3. The summed E-state index contributed by atoms with van der Waals surface area (Å²) < 4.78 is 6.43. The van der Waals surface area contributed by atoms with Gasteiger partial charge in [0.05, 0.1) is 11.6 Å². The van der Waals surface area contributed by atoms with Gasteiger partial charge in [0.2, 0.25) is 0 Å². The third-order valence-corrected chi connectivity index (χ3v) is 5.20. The SMILES string of the molecule is C#Cc1ccc2c(c1)c(C(=O)OC(N)=O)nn2[C@@H]1CN2CCC1CC2. The van der Waals surface area contributed by atoms with Gasteiger partial charge in [-0.1, -0.05) is 5.92 Å². The highest BCUT2D eigenvalue weighted by Crippen LogP contribution is 2.37. The Balaban J connectivity index is 1.83. The van der Waals surface area contributed by atoms with Gasteiger partial charge in [-0.05, 0) is 50.0 Å². The Morgan fingerprint density at radius 3 is 2.68 bits per heavy atom. The van der Waals surface area contributed by atoms with E-state index in [1.165, 1.54) is 0 Å². The zero-order chi connectivity index (χ0) is 17.6. The van der Waals surface area contributed by atoms with Crippen molar-refractivity contribution in [1.29, 1.82) is 0 Å². The lowest BCUT2D eigenvalue weighted by atomic mass is 9.84. The Labute approximate surface area is 144 Å². The second kappa shape index (κ2) is 5.90. The fraction of sp³-hybridized carbons (Fsp3) is 0.389. The summed E-state index contributed by atoms with van der Waals surface area (Å²) in [4.78, 5) is 25.6. The molecule has 0 unspecified atom stereocenters. The summed E-state index contributed by atoms with van der Waals surface area (Å²) in [7, 11) is 0. The van der Waals surface area contributed by atoms with Crippen LogP contribution in [-0.2, 0) is 4.74 Å². The van der Waals surface area contributed by atoms with Gasteiger partial charge in [-0.25, -0.2) is 9.59 Å². The molecule has 1 amide bonds. The maximum Gasteiger partial charge on any atom is 0.412 e. The van der Waals surface area contributed by atoms with Crippen LogP contribution in [0.1, 0.15) is 34.9 Å². The van der Waals surface area contributed by atoms with Crippen molar-refractivity contribution in [3.63, 3.8) is 0 Å². The number of nitrogens with zero attached hydrogens (tertiary/aromatic N) is 3. The smallest absolute Gasteiger partial charge is 0.371 e. The van der Waals surface area contributed by atoms with Crippen molar-refractivity contribution in [2.75, 3.05) is 19.6 Å². The van der Waals surface area contributed by atoms with Crippen molar-refractivity contribution >= 4 is 23.0 Å². The molecule has 4 heterocycles. The number of ether oxygens (including phenoxy) is 1. The first kappa shape index (κ1) is 15.7. The van der Waals surface area contributed by atoms with Gasteiger partial charge in [0.25, 0.3) is 0 Å². The minimum Gasteiger partial charge on any atom is -0.371 e. The molecule has 1 atom stereocenters. The Kier molecular flexibility index (Phi) is 3.70. The number of aromatic nitrogens is 2. The van der Waals surface area contributed by atoms with Gasteiger partial charge in [-0.3, -0.25) is 4.68 Å². The second-order valence-corrected chi connectivity index (χ2v) is 6.58. The van der Waals surface area contributed by atoms with Crippen molar-refractivity contribution in [1.82, 2.24) is 14.7 Å². The lowest BCUT2D eigenvalue weighted by Crippen LogP contribution is -2.48. The normalized spacial score (nSPS) is 24.8. The summed E-state index contributed by atoms with van der Waals surface area (Å²) in [6, 6.07) is 5.61. The largest absolute Gasteiger partial charge is 0.412 e. The first-order chi connectivity index (χ1) is 12.1.